The Labute approximate surface area is 118 Å². The molecular weight excluding hydrogens is 282 g/mol. The normalized spacial score (nSPS) is 11.4. The van der Waals surface area contributed by atoms with Crippen LogP contribution in [0.1, 0.15) is 5.56 Å². The molecule has 5 heteroatoms. The van der Waals surface area contributed by atoms with Crippen LogP contribution >= 0.6 is 11.6 Å². The highest BCUT2D eigenvalue weighted by Gasteiger charge is 2.12. The third-order valence-electron chi connectivity index (χ3n) is 2.70. The molecule has 0 unspecified atom stereocenters. The first kappa shape index (κ1) is 14.1. The summed E-state index contributed by atoms with van der Waals surface area (Å²) in [6.07, 6.45) is 0.561. The maximum Gasteiger partial charge on any atom is 0.240 e. The van der Waals surface area contributed by atoms with Gasteiger partial charge in [-0.2, -0.15) is 0 Å². The predicted molar refractivity (Wildman–Crippen MR) is 76.8 cm³/mol. The number of nitrogens with one attached hydrogen (secondary N) is 1. The lowest BCUT2D eigenvalue weighted by Crippen LogP contribution is -2.26. The van der Waals surface area contributed by atoms with E-state index in [1.807, 2.05) is 18.2 Å². The van der Waals surface area contributed by atoms with Crippen LogP contribution in [0.3, 0.4) is 0 Å². The lowest BCUT2D eigenvalue weighted by Gasteiger charge is -2.07. The number of sulfonamides is 1. The van der Waals surface area contributed by atoms with Crippen molar-refractivity contribution < 1.29 is 8.42 Å². The lowest BCUT2D eigenvalue weighted by molar-refractivity contribution is 0.581. The smallest absolute Gasteiger partial charge is 0.211 e. The molecule has 0 amide bonds. The molecule has 19 heavy (non-hydrogen) atoms. The molecule has 0 aromatic heterocycles. The van der Waals surface area contributed by atoms with Gasteiger partial charge in [-0.05, 0) is 30.2 Å². The molecule has 0 radical (unpaired) electrons. The first-order valence-corrected chi connectivity index (χ1v) is 7.74. The van der Waals surface area contributed by atoms with Crippen LogP contribution in [0.2, 0.25) is 5.02 Å². The zero-order chi connectivity index (χ0) is 13.7. The molecule has 1 N–H and O–H groups in total. The standard InChI is InChI=1S/C14H14ClNO2S/c15-14-9-5-4-6-12(14)10-11-16-19(17,18)13-7-2-1-3-8-13/h1-9,16H,10-11H2. The first-order chi connectivity index (χ1) is 9.09. The molecule has 2 rings (SSSR count). The van der Waals surface area contributed by atoms with Gasteiger partial charge in [0, 0.05) is 11.6 Å². The minimum Gasteiger partial charge on any atom is -0.211 e. The van der Waals surface area contributed by atoms with E-state index in [1.165, 1.54) is 0 Å². The fourth-order valence-electron chi connectivity index (χ4n) is 1.70. The third-order valence-corrected chi connectivity index (χ3v) is 4.54. The summed E-state index contributed by atoms with van der Waals surface area (Å²) in [5, 5.41) is 0.654. The van der Waals surface area contributed by atoms with Gasteiger partial charge in [0.2, 0.25) is 10.0 Å². The summed E-state index contributed by atoms with van der Waals surface area (Å²) >= 11 is 6.01. The molecule has 0 bridgehead atoms. The van der Waals surface area contributed by atoms with E-state index >= 15 is 0 Å². The van der Waals surface area contributed by atoms with Crippen molar-refractivity contribution in [1.82, 2.24) is 4.72 Å². The van der Waals surface area contributed by atoms with Crippen molar-refractivity contribution in [3.63, 3.8) is 0 Å². The van der Waals surface area contributed by atoms with Gasteiger partial charge in [-0.15, -0.1) is 0 Å². The van der Waals surface area contributed by atoms with Crippen molar-refractivity contribution in [1.29, 1.82) is 0 Å². The van der Waals surface area contributed by atoms with Crippen molar-refractivity contribution in [3.05, 3.63) is 65.2 Å². The lowest BCUT2D eigenvalue weighted by atomic mass is 10.1. The van der Waals surface area contributed by atoms with E-state index in [0.717, 1.165) is 5.56 Å². The van der Waals surface area contributed by atoms with Crippen LogP contribution in [0.4, 0.5) is 0 Å². The first-order valence-electron chi connectivity index (χ1n) is 5.88. The van der Waals surface area contributed by atoms with Crippen LogP contribution in [0.5, 0.6) is 0 Å². The quantitative estimate of drug-likeness (QED) is 0.922. The zero-order valence-electron chi connectivity index (χ0n) is 10.2. The molecule has 0 heterocycles. The Morgan fingerprint density at radius 3 is 2.26 bits per heavy atom. The largest absolute Gasteiger partial charge is 0.240 e. The average molecular weight is 296 g/mol. The summed E-state index contributed by atoms with van der Waals surface area (Å²) < 4.78 is 26.5. The van der Waals surface area contributed by atoms with Crippen molar-refractivity contribution in [2.75, 3.05) is 6.54 Å². The Morgan fingerprint density at radius 1 is 0.947 bits per heavy atom. The van der Waals surface area contributed by atoms with Gasteiger partial charge >= 0.3 is 0 Å². The van der Waals surface area contributed by atoms with Gasteiger partial charge in [0.25, 0.3) is 0 Å². The molecule has 0 saturated heterocycles. The minimum atomic E-state index is -3.44. The van der Waals surface area contributed by atoms with Gasteiger partial charge in [-0.1, -0.05) is 48.0 Å². The SMILES string of the molecule is O=S(=O)(NCCc1ccccc1Cl)c1ccccc1. The summed E-state index contributed by atoms with van der Waals surface area (Å²) in [5.41, 5.74) is 0.930. The van der Waals surface area contributed by atoms with E-state index in [9.17, 15) is 8.42 Å². The average Bonchev–Trinajstić information content (AvgIpc) is 2.42. The summed E-state index contributed by atoms with van der Waals surface area (Å²) in [7, 11) is -3.44. The minimum absolute atomic E-state index is 0.272. The van der Waals surface area contributed by atoms with Crippen LogP contribution in [0.25, 0.3) is 0 Å². The highest BCUT2D eigenvalue weighted by atomic mass is 35.5. The molecule has 0 aliphatic carbocycles. The molecule has 0 aliphatic heterocycles. The van der Waals surface area contributed by atoms with Crippen molar-refractivity contribution in [3.8, 4) is 0 Å². The van der Waals surface area contributed by atoms with Crippen LogP contribution in [-0.2, 0) is 16.4 Å². The predicted octanol–water partition coefficient (Wildman–Crippen LogP) is 2.86. The third kappa shape index (κ3) is 3.80. The Hall–Kier alpha value is -1.36. The van der Waals surface area contributed by atoms with Crippen molar-refractivity contribution in [2.24, 2.45) is 0 Å². The van der Waals surface area contributed by atoms with Gasteiger partial charge in [0.1, 0.15) is 0 Å². The summed E-state index contributed by atoms with van der Waals surface area (Å²) in [6, 6.07) is 15.7. The van der Waals surface area contributed by atoms with Crippen LogP contribution in [0, 0.1) is 0 Å². The summed E-state index contributed by atoms with van der Waals surface area (Å²) in [4.78, 5) is 0.272. The molecule has 0 saturated carbocycles. The highest BCUT2D eigenvalue weighted by Crippen LogP contribution is 2.15. The van der Waals surface area contributed by atoms with Crippen LogP contribution in [-0.4, -0.2) is 15.0 Å². The second kappa shape index (κ2) is 6.19. The molecule has 2 aromatic carbocycles. The fourth-order valence-corrected chi connectivity index (χ4v) is 2.99. The number of benzene rings is 2. The van der Waals surface area contributed by atoms with E-state index < -0.39 is 10.0 Å². The molecule has 3 nitrogen and oxygen atoms in total. The number of hydrogen-bond acceptors (Lipinski definition) is 2. The topological polar surface area (TPSA) is 46.2 Å². The van der Waals surface area contributed by atoms with Gasteiger partial charge in [0.05, 0.1) is 4.90 Å². The van der Waals surface area contributed by atoms with Gasteiger partial charge in [-0.3, -0.25) is 0 Å². The molecule has 100 valence electrons. The molecular formula is C14H14ClNO2S. The maximum atomic E-state index is 12.0. The highest BCUT2D eigenvalue weighted by molar-refractivity contribution is 7.89. The van der Waals surface area contributed by atoms with E-state index in [2.05, 4.69) is 4.72 Å². The van der Waals surface area contributed by atoms with Crippen LogP contribution in [0.15, 0.2) is 59.5 Å². The Kier molecular flexibility index (Phi) is 4.58. The van der Waals surface area contributed by atoms with E-state index in [1.54, 1.807) is 36.4 Å². The number of halogens is 1. The van der Waals surface area contributed by atoms with Gasteiger partial charge in [0.15, 0.2) is 0 Å². The van der Waals surface area contributed by atoms with E-state index in [4.69, 9.17) is 11.6 Å². The molecule has 0 atom stereocenters. The van der Waals surface area contributed by atoms with Gasteiger partial charge in [-0.25, -0.2) is 13.1 Å². The Balaban J connectivity index is 1.98. The molecule has 0 spiro atoms. The second-order valence-corrected chi connectivity index (χ2v) is 6.23. The molecule has 0 fully saturated rings. The summed E-state index contributed by atoms with van der Waals surface area (Å²) in [5.74, 6) is 0. The fraction of sp³-hybridized carbons (Fsp3) is 0.143. The van der Waals surface area contributed by atoms with Crippen LogP contribution < -0.4 is 4.72 Å². The summed E-state index contributed by atoms with van der Waals surface area (Å²) in [6.45, 7) is 0.320. The number of rotatable bonds is 5. The number of hydrogen-bond donors (Lipinski definition) is 1. The molecule has 0 aliphatic rings. The molecule has 2 aromatic rings. The Morgan fingerprint density at radius 2 is 1.58 bits per heavy atom. The van der Waals surface area contributed by atoms with E-state index in [-0.39, 0.29) is 4.90 Å². The second-order valence-electron chi connectivity index (χ2n) is 4.05. The van der Waals surface area contributed by atoms with E-state index in [0.29, 0.717) is 18.0 Å². The zero-order valence-corrected chi connectivity index (χ0v) is 11.8. The monoisotopic (exact) mass is 295 g/mol. The maximum absolute atomic E-state index is 12.0. The van der Waals surface area contributed by atoms with Crippen molar-refractivity contribution in [2.45, 2.75) is 11.3 Å². The van der Waals surface area contributed by atoms with Crippen molar-refractivity contribution >= 4 is 21.6 Å². The Bertz CT molecular complexity index is 642. The van der Waals surface area contributed by atoms with Gasteiger partial charge < -0.3 is 0 Å².